The fourth-order valence-electron chi connectivity index (χ4n) is 3.68. The number of para-hydroxylation sites is 1. The molecule has 0 saturated carbocycles. The van der Waals surface area contributed by atoms with Crippen LogP contribution in [0.15, 0.2) is 47.4 Å². The average Bonchev–Trinajstić information content (AvgIpc) is 2.95. The van der Waals surface area contributed by atoms with Gasteiger partial charge < -0.3 is 4.57 Å². The SMILES string of the molecule is CCn1c2ccccc2c2cc([S+]3CCN(S(C)=O)CC3)ccc21. The highest BCUT2D eigenvalue weighted by atomic mass is 32.2. The Balaban J connectivity index is 1.74. The van der Waals surface area contributed by atoms with Crippen LogP contribution in [-0.4, -0.2) is 43.9 Å². The summed E-state index contributed by atoms with van der Waals surface area (Å²) in [6, 6.07) is 15.7. The van der Waals surface area contributed by atoms with Crippen LogP contribution in [0.5, 0.6) is 0 Å². The third kappa shape index (κ3) is 2.68. The van der Waals surface area contributed by atoms with E-state index >= 15 is 0 Å². The number of rotatable bonds is 3. The zero-order valence-electron chi connectivity index (χ0n) is 14.2. The summed E-state index contributed by atoms with van der Waals surface area (Å²) in [5, 5.41) is 2.73. The van der Waals surface area contributed by atoms with E-state index in [4.69, 9.17) is 0 Å². The fraction of sp³-hybridized carbons (Fsp3) is 0.368. The summed E-state index contributed by atoms with van der Waals surface area (Å²) in [5.74, 6) is 2.25. The maximum Gasteiger partial charge on any atom is 0.155 e. The first-order valence-corrected chi connectivity index (χ1v) is 11.5. The Morgan fingerprint density at radius 1 is 1.04 bits per heavy atom. The number of fused-ring (bicyclic) bond motifs is 3. The third-order valence-corrected chi connectivity index (χ3v) is 8.29. The summed E-state index contributed by atoms with van der Waals surface area (Å²) in [6.45, 7) is 5.09. The van der Waals surface area contributed by atoms with E-state index in [2.05, 4.69) is 58.3 Å². The number of nitrogens with zero attached hydrogens (tertiary/aromatic N) is 2. The molecule has 1 atom stereocenters. The van der Waals surface area contributed by atoms with E-state index in [1.54, 1.807) is 6.26 Å². The molecule has 126 valence electrons. The molecular formula is C19H23N2OS2+. The largest absolute Gasteiger partial charge is 0.341 e. The van der Waals surface area contributed by atoms with Crippen LogP contribution in [0.1, 0.15) is 6.92 Å². The lowest BCUT2D eigenvalue weighted by molar-refractivity contribution is 0.487. The Labute approximate surface area is 148 Å². The number of hydrogen-bond donors (Lipinski definition) is 0. The Morgan fingerprint density at radius 2 is 1.75 bits per heavy atom. The first kappa shape index (κ1) is 16.2. The van der Waals surface area contributed by atoms with Crippen molar-refractivity contribution in [3.8, 4) is 0 Å². The molecule has 3 aromatic rings. The first-order valence-electron chi connectivity index (χ1n) is 8.46. The second kappa shape index (κ2) is 6.54. The first-order chi connectivity index (χ1) is 11.7. The van der Waals surface area contributed by atoms with Crippen molar-refractivity contribution in [1.82, 2.24) is 8.87 Å². The van der Waals surface area contributed by atoms with Gasteiger partial charge in [-0.2, -0.15) is 0 Å². The summed E-state index contributed by atoms with van der Waals surface area (Å²) in [5.41, 5.74) is 2.66. The molecule has 1 aromatic heterocycles. The van der Waals surface area contributed by atoms with Crippen LogP contribution < -0.4 is 0 Å². The second-order valence-corrected chi connectivity index (χ2v) is 9.83. The minimum atomic E-state index is -0.828. The zero-order valence-corrected chi connectivity index (χ0v) is 15.8. The minimum Gasteiger partial charge on any atom is -0.341 e. The van der Waals surface area contributed by atoms with Crippen molar-refractivity contribution in [1.29, 1.82) is 0 Å². The van der Waals surface area contributed by atoms with E-state index in [0.29, 0.717) is 0 Å². The molecule has 2 aromatic carbocycles. The van der Waals surface area contributed by atoms with Crippen molar-refractivity contribution in [2.45, 2.75) is 18.4 Å². The molecule has 24 heavy (non-hydrogen) atoms. The van der Waals surface area contributed by atoms with Gasteiger partial charge in [0.1, 0.15) is 11.5 Å². The standard InChI is InChI=1S/C19H23N2OS2/c1-3-21-18-7-5-4-6-16(18)17-14-15(8-9-19(17)21)24-12-10-20(11-13-24)23(2)22/h4-9,14H,3,10-13H2,1-2H3/q+1. The lowest BCUT2D eigenvalue weighted by Gasteiger charge is -2.23. The summed E-state index contributed by atoms with van der Waals surface area (Å²) in [7, 11) is -0.550. The van der Waals surface area contributed by atoms with Crippen LogP contribution in [0.25, 0.3) is 21.8 Å². The molecule has 1 saturated heterocycles. The van der Waals surface area contributed by atoms with Gasteiger partial charge in [0.05, 0.1) is 24.1 Å². The molecule has 3 nitrogen and oxygen atoms in total. The van der Waals surface area contributed by atoms with E-state index in [-0.39, 0.29) is 10.9 Å². The van der Waals surface area contributed by atoms with Crippen LogP contribution in [0.4, 0.5) is 0 Å². The monoisotopic (exact) mass is 359 g/mol. The fourth-order valence-corrected chi connectivity index (χ4v) is 6.71. The number of aryl methyl sites for hydroxylation is 1. The molecule has 2 heterocycles. The van der Waals surface area contributed by atoms with Crippen molar-refractivity contribution in [2.24, 2.45) is 0 Å². The van der Waals surface area contributed by atoms with Gasteiger partial charge in [0.2, 0.25) is 0 Å². The average molecular weight is 360 g/mol. The normalized spacial score (nSPS) is 18.4. The smallest absolute Gasteiger partial charge is 0.155 e. The third-order valence-electron chi connectivity index (χ3n) is 4.93. The molecule has 1 fully saturated rings. The molecule has 0 spiro atoms. The van der Waals surface area contributed by atoms with Gasteiger partial charge in [0.15, 0.2) is 4.90 Å². The minimum absolute atomic E-state index is 0.278. The molecule has 0 N–H and O–H groups in total. The second-order valence-electron chi connectivity index (χ2n) is 6.19. The highest BCUT2D eigenvalue weighted by Gasteiger charge is 2.30. The van der Waals surface area contributed by atoms with Crippen molar-refractivity contribution in [3.05, 3.63) is 42.5 Å². The van der Waals surface area contributed by atoms with Crippen molar-refractivity contribution in [3.63, 3.8) is 0 Å². The predicted molar refractivity (Wildman–Crippen MR) is 106 cm³/mol. The Kier molecular flexibility index (Phi) is 4.41. The Hall–Kier alpha value is -1.30. The van der Waals surface area contributed by atoms with E-state index in [9.17, 15) is 4.21 Å². The molecule has 1 aliphatic rings. The topological polar surface area (TPSA) is 25.2 Å². The van der Waals surface area contributed by atoms with Crippen LogP contribution in [0.2, 0.25) is 0 Å². The highest BCUT2D eigenvalue weighted by molar-refractivity contribution is 7.97. The Morgan fingerprint density at radius 3 is 2.46 bits per heavy atom. The molecule has 0 amide bonds. The van der Waals surface area contributed by atoms with Crippen LogP contribution in [0.3, 0.4) is 0 Å². The molecule has 4 rings (SSSR count). The molecule has 1 unspecified atom stereocenters. The van der Waals surface area contributed by atoms with Gasteiger partial charge >= 0.3 is 0 Å². The summed E-state index contributed by atoms with van der Waals surface area (Å²) in [6.07, 6.45) is 1.79. The van der Waals surface area contributed by atoms with E-state index in [1.807, 2.05) is 0 Å². The number of hydrogen-bond acceptors (Lipinski definition) is 1. The highest BCUT2D eigenvalue weighted by Crippen LogP contribution is 2.31. The summed E-state index contributed by atoms with van der Waals surface area (Å²) in [4.78, 5) is 1.46. The summed E-state index contributed by atoms with van der Waals surface area (Å²) >= 11 is 0. The molecular weight excluding hydrogens is 336 g/mol. The molecule has 5 heteroatoms. The van der Waals surface area contributed by atoms with Gasteiger partial charge in [0.25, 0.3) is 0 Å². The van der Waals surface area contributed by atoms with Gasteiger partial charge in [0, 0.05) is 51.6 Å². The number of benzene rings is 2. The van der Waals surface area contributed by atoms with Crippen molar-refractivity contribution >= 4 is 43.7 Å². The zero-order chi connectivity index (χ0) is 16.7. The van der Waals surface area contributed by atoms with E-state index < -0.39 is 11.0 Å². The van der Waals surface area contributed by atoms with Gasteiger partial charge in [-0.15, -0.1) is 0 Å². The van der Waals surface area contributed by atoms with Crippen molar-refractivity contribution < 1.29 is 4.21 Å². The van der Waals surface area contributed by atoms with Crippen LogP contribution >= 0.6 is 0 Å². The van der Waals surface area contributed by atoms with Gasteiger partial charge in [-0.25, -0.2) is 8.51 Å². The summed E-state index contributed by atoms with van der Waals surface area (Å²) < 4.78 is 16.1. The van der Waals surface area contributed by atoms with E-state index in [1.165, 1.54) is 26.7 Å². The van der Waals surface area contributed by atoms with Crippen LogP contribution in [0, 0.1) is 0 Å². The molecule has 0 bridgehead atoms. The molecule has 0 radical (unpaired) electrons. The maximum absolute atomic E-state index is 11.6. The van der Waals surface area contributed by atoms with Crippen molar-refractivity contribution in [2.75, 3.05) is 30.9 Å². The predicted octanol–water partition coefficient (Wildman–Crippen LogP) is 3.40. The molecule has 0 aliphatic carbocycles. The van der Waals surface area contributed by atoms with Gasteiger partial charge in [-0.3, -0.25) is 0 Å². The van der Waals surface area contributed by atoms with E-state index in [0.717, 1.165) is 31.1 Å². The quantitative estimate of drug-likeness (QED) is 0.658. The number of aromatic nitrogens is 1. The lowest BCUT2D eigenvalue weighted by Crippen LogP contribution is -2.40. The van der Waals surface area contributed by atoms with Gasteiger partial charge in [-0.1, -0.05) is 18.2 Å². The maximum atomic E-state index is 11.6. The molecule has 1 aliphatic heterocycles. The van der Waals surface area contributed by atoms with Gasteiger partial charge in [-0.05, 0) is 25.1 Å². The Bertz CT molecular complexity index is 910. The van der Waals surface area contributed by atoms with Crippen LogP contribution in [-0.2, 0) is 28.4 Å². The lowest BCUT2D eigenvalue weighted by atomic mass is 10.1.